The monoisotopic (exact) mass is 340 g/mol. The topological polar surface area (TPSA) is 78.7 Å². The molecule has 3 rings (SSSR count). The molecule has 2 aromatic rings. The molecule has 1 heterocycles. The van der Waals surface area contributed by atoms with Gasteiger partial charge in [0.15, 0.2) is 0 Å². The van der Waals surface area contributed by atoms with Crippen molar-refractivity contribution < 1.29 is 9.72 Å². The Morgan fingerprint density at radius 1 is 1.08 bits per heavy atom. The van der Waals surface area contributed by atoms with Crippen molar-refractivity contribution in [3.8, 4) is 0 Å². The van der Waals surface area contributed by atoms with Gasteiger partial charge in [-0.25, -0.2) is 4.79 Å². The van der Waals surface area contributed by atoms with Crippen molar-refractivity contribution in [1.82, 2.24) is 4.90 Å². The molecule has 0 atom stereocenters. The molecule has 130 valence electrons. The number of piperazine rings is 1. The molecule has 7 heteroatoms. The summed E-state index contributed by atoms with van der Waals surface area (Å²) in [6.45, 7) is 4.56. The minimum atomic E-state index is -0.443. The van der Waals surface area contributed by atoms with Crippen LogP contribution in [-0.4, -0.2) is 42.0 Å². The first-order chi connectivity index (χ1) is 12.0. The molecule has 1 aliphatic rings. The van der Waals surface area contributed by atoms with Crippen LogP contribution in [0.1, 0.15) is 5.56 Å². The van der Waals surface area contributed by atoms with Crippen molar-refractivity contribution in [2.24, 2.45) is 0 Å². The van der Waals surface area contributed by atoms with Gasteiger partial charge >= 0.3 is 6.03 Å². The molecule has 2 aromatic carbocycles. The lowest BCUT2D eigenvalue weighted by Crippen LogP contribution is -2.50. The number of nitro groups is 1. The Hall–Kier alpha value is -3.09. The van der Waals surface area contributed by atoms with E-state index in [4.69, 9.17) is 0 Å². The summed E-state index contributed by atoms with van der Waals surface area (Å²) in [7, 11) is 0. The third kappa shape index (κ3) is 3.88. The van der Waals surface area contributed by atoms with E-state index in [9.17, 15) is 14.9 Å². The van der Waals surface area contributed by atoms with Gasteiger partial charge < -0.3 is 15.1 Å². The lowest BCUT2D eigenvalue weighted by atomic mass is 10.2. The first-order valence-corrected chi connectivity index (χ1v) is 8.15. The molecule has 0 aromatic heterocycles. The highest BCUT2D eigenvalue weighted by Crippen LogP contribution is 2.22. The molecule has 0 aliphatic carbocycles. The van der Waals surface area contributed by atoms with Gasteiger partial charge in [-0.3, -0.25) is 10.1 Å². The molecule has 2 amide bonds. The van der Waals surface area contributed by atoms with Crippen LogP contribution >= 0.6 is 0 Å². The highest BCUT2D eigenvalue weighted by atomic mass is 16.6. The maximum Gasteiger partial charge on any atom is 0.321 e. The number of hydrogen-bond acceptors (Lipinski definition) is 4. The fraction of sp³-hybridized carbons (Fsp3) is 0.278. The van der Waals surface area contributed by atoms with Crippen LogP contribution in [0.5, 0.6) is 0 Å². The number of carbonyl (C=O) groups is 1. The van der Waals surface area contributed by atoms with Gasteiger partial charge in [0.2, 0.25) is 0 Å². The molecule has 1 fully saturated rings. The van der Waals surface area contributed by atoms with Gasteiger partial charge in [-0.05, 0) is 30.7 Å². The number of nitrogens with zero attached hydrogens (tertiary/aromatic N) is 3. The van der Waals surface area contributed by atoms with E-state index in [1.165, 1.54) is 12.1 Å². The normalized spacial score (nSPS) is 14.3. The second-order valence-corrected chi connectivity index (χ2v) is 6.00. The summed E-state index contributed by atoms with van der Waals surface area (Å²) in [6.07, 6.45) is 0. The number of aryl methyl sites for hydroxylation is 1. The number of non-ortho nitro benzene ring substituents is 1. The number of urea groups is 1. The lowest BCUT2D eigenvalue weighted by Gasteiger charge is -2.36. The number of rotatable bonds is 3. The number of amides is 2. The van der Waals surface area contributed by atoms with E-state index >= 15 is 0 Å². The molecule has 7 nitrogen and oxygen atoms in total. The van der Waals surface area contributed by atoms with Gasteiger partial charge in [-0.2, -0.15) is 0 Å². The molecule has 0 spiro atoms. The van der Waals surface area contributed by atoms with E-state index in [1.807, 2.05) is 18.2 Å². The third-order valence-electron chi connectivity index (χ3n) is 4.35. The molecule has 0 unspecified atom stereocenters. The Labute approximate surface area is 146 Å². The predicted octanol–water partition coefficient (Wildman–Crippen LogP) is 3.26. The average Bonchev–Trinajstić information content (AvgIpc) is 2.64. The van der Waals surface area contributed by atoms with Gasteiger partial charge in [-0.15, -0.1) is 0 Å². The Bertz CT molecular complexity index is 771. The molecular formula is C18H20N4O3. The van der Waals surface area contributed by atoms with Crippen molar-refractivity contribution in [2.45, 2.75) is 6.92 Å². The van der Waals surface area contributed by atoms with Crippen molar-refractivity contribution in [3.63, 3.8) is 0 Å². The molecule has 0 radical (unpaired) electrons. The first-order valence-electron chi connectivity index (χ1n) is 8.15. The highest BCUT2D eigenvalue weighted by molar-refractivity contribution is 5.90. The van der Waals surface area contributed by atoms with Gasteiger partial charge in [0.05, 0.1) is 4.92 Å². The fourth-order valence-corrected chi connectivity index (χ4v) is 2.90. The van der Waals surface area contributed by atoms with Gasteiger partial charge in [0.1, 0.15) is 0 Å². The average molecular weight is 340 g/mol. The number of carbonyl (C=O) groups excluding carboxylic acids is 1. The second kappa shape index (κ2) is 7.21. The van der Waals surface area contributed by atoms with E-state index in [2.05, 4.69) is 22.3 Å². The zero-order valence-corrected chi connectivity index (χ0v) is 14.0. The number of nitro benzene ring substituents is 1. The van der Waals surface area contributed by atoms with Crippen LogP contribution in [0.15, 0.2) is 48.5 Å². The molecule has 25 heavy (non-hydrogen) atoms. The largest absolute Gasteiger partial charge is 0.368 e. The standard InChI is InChI=1S/C18H20N4O3/c1-14-13-16(22(24)25)7-8-17(14)19-18(23)21-11-9-20(10-12-21)15-5-3-2-4-6-15/h2-8,13H,9-12H2,1H3,(H,19,23). The second-order valence-electron chi connectivity index (χ2n) is 6.00. The Morgan fingerprint density at radius 2 is 1.76 bits per heavy atom. The summed E-state index contributed by atoms with van der Waals surface area (Å²) in [6, 6.07) is 14.4. The predicted molar refractivity (Wildman–Crippen MR) is 97.1 cm³/mol. The Balaban J connectivity index is 1.59. The van der Waals surface area contributed by atoms with E-state index in [1.54, 1.807) is 17.9 Å². The summed E-state index contributed by atoms with van der Waals surface area (Å²) in [4.78, 5) is 26.8. The third-order valence-corrected chi connectivity index (χ3v) is 4.35. The van der Waals surface area contributed by atoms with Crippen molar-refractivity contribution in [2.75, 3.05) is 36.4 Å². The van der Waals surface area contributed by atoms with Crippen molar-refractivity contribution in [3.05, 3.63) is 64.2 Å². The van der Waals surface area contributed by atoms with Crippen LogP contribution in [-0.2, 0) is 0 Å². The first kappa shape index (κ1) is 16.8. The molecule has 0 saturated carbocycles. The molecule has 1 saturated heterocycles. The van der Waals surface area contributed by atoms with Crippen molar-refractivity contribution in [1.29, 1.82) is 0 Å². The minimum Gasteiger partial charge on any atom is -0.368 e. The van der Waals surface area contributed by atoms with Crippen LogP contribution in [0.4, 0.5) is 21.9 Å². The molecule has 0 bridgehead atoms. The summed E-state index contributed by atoms with van der Waals surface area (Å²) < 4.78 is 0. The minimum absolute atomic E-state index is 0.0203. The lowest BCUT2D eigenvalue weighted by molar-refractivity contribution is -0.384. The number of para-hydroxylation sites is 1. The highest BCUT2D eigenvalue weighted by Gasteiger charge is 2.22. The number of anilines is 2. The van der Waals surface area contributed by atoms with E-state index < -0.39 is 4.92 Å². The SMILES string of the molecule is Cc1cc([N+](=O)[O-])ccc1NC(=O)N1CCN(c2ccccc2)CC1. The smallest absolute Gasteiger partial charge is 0.321 e. The Kier molecular flexibility index (Phi) is 4.83. The van der Waals surface area contributed by atoms with Gasteiger partial charge in [-0.1, -0.05) is 18.2 Å². The summed E-state index contributed by atoms with van der Waals surface area (Å²) >= 11 is 0. The van der Waals surface area contributed by atoms with E-state index in [0.717, 1.165) is 18.8 Å². The number of hydrogen-bond donors (Lipinski definition) is 1. The summed E-state index contributed by atoms with van der Waals surface area (Å²) in [5.41, 5.74) is 2.45. The van der Waals surface area contributed by atoms with Crippen LogP contribution < -0.4 is 10.2 Å². The van der Waals surface area contributed by atoms with Gasteiger partial charge in [0, 0.05) is 49.7 Å². The van der Waals surface area contributed by atoms with E-state index in [-0.39, 0.29) is 11.7 Å². The quantitative estimate of drug-likeness (QED) is 0.687. The van der Waals surface area contributed by atoms with Gasteiger partial charge in [0.25, 0.3) is 5.69 Å². The zero-order chi connectivity index (χ0) is 17.8. The molecule has 1 N–H and O–H groups in total. The van der Waals surface area contributed by atoms with Crippen LogP contribution in [0.3, 0.4) is 0 Å². The Morgan fingerprint density at radius 3 is 2.36 bits per heavy atom. The molecular weight excluding hydrogens is 320 g/mol. The fourth-order valence-electron chi connectivity index (χ4n) is 2.90. The maximum absolute atomic E-state index is 12.4. The summed E-state index contributed by atoms with van der Waals surface area (Å²) in [5.74, 6) is 0. The zero-order valence-electron chi connectivity index (χ0n) is 14.0. The van der Waals surface area contributed by atoms with Crippen LogP contribution in [0.25, 0.3) is 0 Å². The van der Waals surface area contributed by atoms with E-state index in [0.29, 0.717) is 24.3 Å². The van der Waals surface area contributed by atoms with Crippen molar-refractivity contribution >= 4 is 23.1 Å². The van der Waals surface area contributed by atoms with Crippen LogP contribution in [0, 0.1) is 17.0 Å². The molecule has 1 aliphatic heterocycles. The van der Waals surface area contributed by atoms with Crippen LogP contribution in [0.2, 0.25) is 0 Å². The number of nitrogens with one attached hydrogen (secondary N) is 1. The maximum atomic E-state index is 12.4. The number of benzene rings is 2. The summed E-state index contributed by atoms with van der Waals surface area (Å²) in [5, 5.41) is 13.6.